The molecular weight excluding hydrogens is 368 g/mol. The SMILES string of the molecule is O=C(COC(=O)c1ccc2c(c1)NC(=O)[C@H]1CCCN21)c1ccc(Cl)cc1. The van der Waals surface area contributed by atoms with E-state index in [1.165, 1.54) is 0 Å². The summed E-state index contributed by atoms with van der Waals surface area (Å²) < 4.78 is 5.13. The molecule has 7 heteroatoms. The van der Waals surface area contributed by atoms with Crippen molar-refractivity contribution in [2.45, 2.75) is 18.9 Å². The van der Waals surface area contributed by atoms with E-state index in [0.717, 1.165) is 25.1 Å². The first-order valence-corrected chi connectivity index (χ1v) is 9.08. The first-order chi connectivity index (χ1) is 13.0. The van der Waals surface area contributed by atoms with E-state index in [0.29, 0.717) is 16.3 Å². The number of rotatable bonds is 4. The molecule has 0 radical (unpaired) electrons. The summed E-state index contributed by atoms with van der Waals surface area (Å²) in [7, 11) is 0. The molecule has 0 saturated carbocycles. The normalized spacial score (nSPS) is 17.7. The fraction of sp³-hybridized carbons (Fsp3) is 0.250. The number of benzene rings is 2. The van der Waals surface area contributed by atoms with Crippen LogP contribution in [0, 0.1) is 0 Å². The average Bonchev–Trinajstić information content (AvgIpc) is 3.17. The third kappa shape index (κ3) is 3.40. The zero-order valence-electron chi connectivity index (χ0n) is 14.4. The third-order valence-electron chi connectivity index (χ3n) is 4.86. The van der Waals surface area contributed by atoms with Gasteiger partial charge in [0.2, 0.25) is 5.91 Å². The summed E-state index contributed by atoms with van der Waals surface area (Å²) in [4.78, 5) is 38.7. The van der Waals surface area contributed by atoms with Gasteiger partial charge in [-0.3, -0.25) is 9.59 Å². The lowest BCUT2D eigenvalue weighted by Gasteiger charge is -2.33. The van der Waals surface area contributed by atoms with E-state index in [2.05, 4.69) is 10.2 Å². The maximum absolute atomic E-state index is 12.3. The lowest BCUT2D eigenvalue weighted by atomic mass is 10.1. The van der Waals surface area contributed by atoms with E-state index in [4.69, 9.17) is 16.3 Å². The van der Waals surface area contributed by atoms with Crippen molar-refractivity contribution >= 4 is 40.6 Å². The standard InChI is InChI=1S/C20H17ClN2O4/c21-14-6-3-12(4-7-14)18(24)11-27-20(26)13-5-8-16-15(10-13)22-19(25)17-2-1-9-23(16)17/h3-8,10,17H,1-2,9,11H2,(H,22,25)/t17-/m1/s1. The van der Waals surface area contributed by atoms with Crippen LogP contribution in [0.1, 0.15) is 33.6 Å². The molecule has 2 heterocycles. The van der Waals surface area contributed by atoms with Crippen LogP contribution >= 0.6 is 11.6 Å². The Morgan fingerprint density at radius 1 is 1.15 bits per heavy atom. The number of ketones is 1. The van der Waals surface area contributed by atoms with Gasteiger partial charge in [0, 0.05) is 17.1 Å². The Hall–Kier alpha value is -2.86. The van der Waals surface area contributed by atoms with Crippen molar-refractivity contribution in [1.29, 1.82) is 0 Å². The number of carbonyl (C=O) groups is 3. The molecule has 6 nitrogen and oxygen atoms in total. The number of nitrogens with one attached hydrogen (secondary N) is 1. The Labute approximate surface area is 161 Å². The highest BCUT2D eigenvalue weighted by molar-refractivity contribution is 6.30. The van der Waals surface area contributed by atoms with E-state index >= 15 is 0 Å². The number of ether oxygens (including phenoxy) is 1. The molecule has 138 valence electrons. The maximum atomic E-state index is 12.3. The molecule has 2 aliphatic rings. The van der Waals surface area contributed by atoms with Gasteiger partial charge in [-0.25, -0.2) is 4.79 Å². The second-order valence-electron chi connectivity index (χ2n) is 6.58. The first kappa shape index (κ1) is 17.5. The van der Waals surface area contributed by atoms with Crippen LogP contribution < -0.4 is 10.2 Å². The summed E-state index contributed by atoms with van der Waals surface area (Å²) in [6.45, 7) is 0.461. The van der Waals surface area contributed by atoms with Crippen LogP contribution in [0.5, 0.6) is 0 Å². The van der Waals surface area contributed by atoms with Crippen LogP contribution in [0.25, 0.3) is 0 Å². The van der Waals surface area contributed by atoms with Crippen molar-refractivity contribution in [1.82, 2.24) is 0 Å². The highest BCUT2D eigenvalue weighted by atomic mass is 35.5. The molecule has 2 aliphatic heterocycles. The summed E-state index contributed by atoms with van der Waals surface area (Å²) in [6, 6.07) is 11.3. The summed E-state index contributed by atoms with van der Waals surface area (Å²) in [6.07, 6.45) is 1.80. The number of halogens is 1. The Morgan fingerprint density at radius 2 is 1.89 bits per heavy atom. The largest absolute Gasteiger partial charge is 0.454 e. The van der Waals surface area contributed by atoms with Crippen LogP contribution in [0.2, 0.25) is 5.02 Å². The van der Waals surface area contributed by atoms with Crippen molar-refractivity contribution in [3.8, 4) is 0 Å². The fourth-order valence-corrected chi connectivity index (χ4v) is 3.62. The van der Waals surface area contributed by atoms with Gasteiger partial charge in [-0.15, -0.1) is 0 Å². The van der Waals surface area contributed by atoms with Gasteiger partial charge in [0.1, 0.15) is 6.04 Å². The second-order valence-corrected chi connectivity index (χ2v) is 7.02. The Balaban J connectivity index is 1.45. The molecule has 0 unspecified atom stereocenters. The minimum absolute atomic E-state index is 0.0524. The van der Waals surface area contributed by atoms with Crippen molar-refractivity contribution in [2.24, 2.45) is 0 Å². The molecule has 1 N–H and O–H groups in total. The highest BCUT2D eigenvalue weighted by Crippen LogP contribution is 2.37. The number of anilines is 2. The molecule has 0 bridgehead atoms. The number of hydrogen-bond donors (Lipinski definition) is 1. The molecule has 1 fully saturated rings. The number of carbonyl (C=O) groups excluding carboxylic acids is 3. The van der Waals surface area contributed by atoms with Crippen LogP contribution in [0.15, 0.2) is 42.5 Å². The van der Waals surface area contributed by atoms with Gasteiger partial charge in [0.05, 0.1) is 16.9 Å². The lowest BCUT2D eigenvalue weighted by molar-refractivity contribution is -0.117. The zero-order chi connectivity index (χ0) is 19.0. The number of amides is 1. The molecule has 0 aliphatic carbocycles. The lowest BCUT2D eigenvalue weighted by Crippen LogP contribution is -2.43. The predicted molar refractivity (Wildman–Crippen MR) is 102 cm³/mol. The molecule has 1 saturated heterocycles. The fourth-order valence-electron chi connectivity index (χ4n) is 3.49. The van der Waals surface area contributed by atoms with Crippen LogP contribution in [-0.2, 0) is 9.53 Å². The van der Waals surface area contributed by atoms with E-state index < -0.39 is 5.97 Å². The smallest absolute Gasteiger partial charge is 0.338 e. The number of nitrogens with zero attached hydrogens (tertiary/aromatic N) is 1. The number of hydrogen-bond acceptors (Lipinski definition) is 5. The molecular formula is C20H17ClN2O4. The van der Waals surface area contributed by atoms with Gasteiger partial charge >= 0.3 is 5.97 Å². The first-order valence-electron chi connectivity index (χ1n) is 8.70. The van der Waals surface area contributed by atoms with Crippen molar-refractivity contribution in [3.63, 3.8) is 0 Å². The Bertz CT molecular complexity index is 926. The van der Waals surface area contributed by atoms with Gasteiger partial charge in [-0.2, -0.15) is 0 Å². The van der Waals surface area contributed by atoms with Crippen LogP contribution in [-0.4, -0.2) is 36.9 Å². The summed E-state index contributed by atoms with van der Waals surface area (Å²) in [5.41, 5.74) is 2.21. The van der Waals surface area contributed by atoms with Gasteiger partial charge in [0.15, 0.2) is 12.4 Å². The Morgan fingerprint density at radius 3 is 2.67 bits per heavy atom. The van der Waals surface area contributed by atoms with Gasteiger partial charge in [-0.1, -0.05) is 11.6 Å². The average molecular weight is 385 g/mol. The van der Waals surface area contributed by atoms with E-state index in [1.807, 2.05) is 6.07 Å². The predicted octanol–water partition coefficient (Wildman–Crippen LogP) is 3.30. The molecule has 2 aromatic carbocycles. The topological polar surface area (TPSA) is 75.7 Å². The number of Topliss-reactive ketones (excluding diaryl/α,β-unsaturated/α-hetero) is 1. The molecule has 1 atom stereocenters. The second kappa shape index (κ2) is 7.04. The van der Waals surface area contributed by atoms with Crippen LogP contribution in [0.4, 0.5) is 11.4 Å². The van der Waals surface area contributed by atoms with Gasteiger partial charge in [-0.05, 0) is 55.3 Å². The molecule has 4 rings (SSSR count). The minimum atomic E-state index is -0.613. The van der Waals surface area contributed by atoms with Crippen molar-refractivity contribution in [3.05, 3.63) is 58.6 Å². The maximum Gasteiger partial charge on any atom is 0.338 e. The minimum Gasteiger partial charge on any atom is -0.454 e. The summed E-state index contributed by atoms with van der Waals surface area (Å²) >= 11 is 5.80. The number of esters is 1. The number of fused-ring (bicyclic) bond motifs is 3. The Kier molecular flexibility index (Phi) is 4.58. The van der Waals surface area contributed by atoms with Gasteiger partial charge < -0.3 is 15.0 Å². The summed E-state index contributed by atoms with van der Waals surface area (Å²) in [5, 5.41) is 3.38. The van der Waals surface area contributed by atoms with Crippen molar-refractivity contribution < 1.29 is 19.1 Å². The monoisotopic (exact) mass is 384 g/mol. The van der Waals surface area contributed by atoms with E-state index in [9.17, 15) is 14.4 Å². The van der Waals surface area contributed by atoms with E-state index in [1.54, 1.807) is 36.4 Å². The van der Waals surface area contributed by atoms with Gasteiger partial charge in [0.25, 0.3) is 0 Å². The summed E-state index contributed by atoms with van der Waals surface area (Å²) in [5.74, 6) is -0.979. The molecule has 0 spiro atoms. The zero-order valence-corrected chi connectivity index (χ0v) is 15.2. The van der Waals surface area contributed by atoms with E-state index in [-0.39, 0.29) is 29.9 Å². The quantitative estimate of drug-likeness (QED) is 0.646. The molecule has 1 amide bonds. The third-order valence-corrected chi connectivity index (χ3v) is 5.11. The molecule has 0 aromatic heterocycles. The van der Waals surface area contributed by atoms with Crippen molar-refractivity contribution in [2.75, 3.05) is 23.4 Å². The molecule has 2 aromatic rings. The highest BCUT2D eigenvalue weighted by Gasteiger charge is 2.36. The molecule has 27 heavy (non-hydrogen) atoms. The van der Waals surface area contributed by atoms with Crippen LogP contribution in [0.3, 0.4) is 0 Å².